The Morgan fingerprint density at radius 3 is 2.18 bits per heavy atom. The molecule has 0 fully saturated rings. The number of aliphatic hydroxyl groups is 1. The van der Waals surface area contributed by atoms with Crippen LogP contribution in [0.2, 0.25) is 0 Å². The smallest absolute Gasteiger partial charge is 0.194 e. The molecule has 0 saturated heterocycles. The lowest BCUT2D eigenvalue weighted by Gasteiger charge is -2.17. The number of hydrogen-bond acceptors (Lipinski definition) is 3. The summed E-state index contributed by atoms with van der Waals surface area (Å²) in [6.07, 6.45) is 0. The number of nitrogens with zero attached hydrogens (tertiary/aromatic N) is 1. The molecule has 22 heavy (non-hydrogen) atoms. The first-order valence-corrected chi connectivity index (χ1v) is 6.53. The van der Waals surface area contributed by atoms with Crippen molar-refractivity contribution in [2.24, 2.45) is 0 Å². The van der Waals surface area contributed by atoms with E-state index in [0.717, 1.165) is 17.7 Å². The molecule has 1 atom stereocenters. The zero-order chi connectivity index (χ0) is 16.1. The van der Waals surface area contributed by atoms with E-state index in [4.69, 9.17) is 5.26 Å². The topological polar surface area (TPSA) is 56.0 Å². The Hall–Kier alpha value is -2.36. The molecule has 0 aromatic heterocycles. The van der Waals surface area contributed by atoms with Gasteiger partial charge in [-0.05, 0) is 35.4 Å². The summed E-state index contributed by atoms with van der Waals surface area (Å²) in [5.74, 6) is -4.13. The van der Waals surface area contributed by atoms with Crippen molar-refractivity contribution < 1.29 is 18.3 Å². The van der Waals surface area contributed by atoms with Gasteiger partial charge in [-0.15, -0.1) is 0 Å². The second-order valence-electron chi connectivity index (χ2n) is 4.72. The fourth-order valence-electron chi connectivity index (χ4n) is 2.00. The van der Waals surface area contributed by atoms with Crippen LogP contribution in [-0.4, -0.2) is 11.7 Å². The summed E-state index contributed by atoms with van der Waals surface area (Å²) >= 11 is 0. The summed E-state index contributed by atoms with van der Waals surface area (Å²) in [6, 6.07) is 9.70. The molecule has 2 N–H and O–H groups in total. The largest absolute Gasteiger partial charge is 0.394 e. The molecule has 1 unspecified atom stereocenters. The van der Waals surface area contributed by atoms with E-state index in [1.54, 1.807) is 24.3 Å². The molecule has 2 rings (SSSR count). The van der Waals surface area contributed by atoms with E-state index in [1.165, 1.54) is 0 Å². The van der Waals surface area contributed by atoms with Gasteiger partial charge in [0.15, 0.2) is 17.5 Å². The Morgan fingerprint density at radius 2 is 1.68 bits per heavy atom. The van der Waals surface area contributed by atoms with E-state index in [-0.39, 0.29) is 5.56 Å². The Labute approximate surface area is 125 Å². The summed E-state index contributed by atoms with van der Waals surface area (Å²) in [5, 5.41) is 21.0. The summed E-state index contributed by atoms with van der Waals surface area (Å²) < 4.78 is 39.4. The van der Waals surface area contributed by atoms with E-state index in [0.29, 0.717) is 12.1 Å². The number of rotatable bonds is 5. The fourth-order valence-corrected chi connectivity index (χ4v) is 2.00. The van der Waals surface area contributed by atoms with E-state index in [9.17, 15) is 18.3 Å². The second-order valence-corrected chi connectivity index (χ2v) is 4.72. The van der Waals surface area contributed by atoms with Crippen LogP contribution in [0.3, 0.4) is 0 Å². The molecule has 0 radical (unpaired) electrons. The van der Waals surface area contributed by atoms with Gasteiger partial charge in [-0.25, -0.2) is 13.2 Å². The van der Waals surface area contributed by atoms with Crippen LogP contribution in [0.5, 0.6) is 0 Å². The van der Waals surface area contributed by atoms with Crippen molar-refractivity contribution in [2.75, 3.05) is 6.61 Å². The van der Waals surface area contributed by atoms with Crippen LogP contribution in [0, 0.1) is 28.8 Å². The molecule has 6 heteroatoms. The molecule has 0 bridgehead atoms. The number of aliphatic hydroxyl groups excluding tert-OH is 1. The fraction of sp³-hybridized carbons (Fsp3) is 0.188. The molecule has 0 spiro atoms. The van der Waals surface area contributed by atoms with Crippen LogP contribution in [0.4, 0.5) is 13.2 Å². The van der Waals surface area contributed by atoms with Crippen LogP contribution in [-0.2, 0) is 6.54 Å². The summed E-state index contributed by atoms with van der Waals surface area (Å²) in [4.78, 5) is 0. The van der Waals surface area contributed by atoms with Gasteiger partial charge >= 0.3 is 0 Å². The summed E-state index contributed by atoms with van der Waals surface area (Å²) in [5.41, 5.74) is 1.47. The predicted octanol–water partition coefficient (Wildman–Crippen LogP) is 2.80. The first kappa shape index (κ1) is 16.0. The van der Waals surface area contributed by atoms with Crippen LogP contribution in [0.15, 0.2) is 36.4 Å². The lowest BCUT2D eigenvalue weighted by molar-refractivity contribution is 0.242. The molecule has 114 valence electrons. The molecular weight excluding hydrogens is 293 g/mol. The normalized spacial score (nSPS) is 12.0. The van der Waals surface area contributed by atoms with Gasteiger partial charge in [0.25, 0.3) is 0 Å². The Balaban J connectivity index is 2.10. The van der Waals surface area contributed by atoms with Crippen molar-refractivity contribution in [3.05, 3.63) is 70.5 Å². The minimum Gasteiger partial charge on any atom is -0.394 e. The SMILES string of the molecule is N#Cc1ccc(CNC(CO)c2cc(F)c(F)c(F)c2)cc1. The van der Waals surface area contributed by atoms with E-state index in [1.807, 2.05) is 6.07 Å². The van der Waals surface area contributed by atoms with Crippen molar-refractivity contribution in [3.8, 4) is 6.07 Å². The second kappa shape index (κ2) is 7.07. The lowest BCUT2D eigenvalue weighted by atomic mass is 10.1. The van der Waals surface area contributed by atoms with Crippen molar-refractivity contribution in [1.82, 2.24) is 5.32 Å². The summed E-state index contributed by atoms with van der Waals surface area (Å²) in [7, 11) is 0. The van der Waals surface area contributed by atoms with Gasteiger partial charge in [0, 0.05) is 6.54 Å². The average Bonchev–Trinajstić information content (AvgIpc) is 2.53. The van der Waals surface area contributed by atoms with Crippen molar-refractivity contribution in [2.45, 2.75) is 12.6 Å². The molecule has 0 saturated carbocycles. The maximum atomic E-state index is 13.2. The molecule has 0 aliphatic carbocycles. The average molecular weight is 306 g/mol. The highest BCUT2D eigenvalue weighted by molar-refractivity contribution is 5.31. The molecule has 2 aromatic carbocycles. The highest BCUT2D eigenvalue weighted by atomic mass is 19.2. The Morgan fingerprint density at radius 1 is 1.09 bits per heavy atom. The first-order valence-electron chi connectivity index (χ1n) is 6.53. The quantitative estimate of drug-likeness (QED) is 0.835. The van der Waals surface area contributed by atoms with Crippen LogP contribution >= 0.6 is 0 Å². The molecule has 0 aliphatic heterocycles. The number of hydrogen-bond donors (Lipinski definition) is 2. The van der Waals surface area contributed by atoms with Gasteiger partial charge in [0.1, 0.15) is 0 Å². The standard InChI is InChI=1S/C16H13F3N2O/c17-13-5-12(6-14(18)16(13)19)15(9-22)21-8-11-3-1-10(7-20)2-4-11/h1-6,15,21-22H,8-9H2. The molecule has 0 heterocycles. The van der Waals surface area contributed by atoms with Gasteiger partial charge in [-0.3, -0.25) is 0 Å². The van der Waals surface area contributed by atoms with E-state index < -0.39 is 30.1 Å². The number of halogens is 3. The first-order chi connectivity index (χ1) is 10.5. The minimum absolute atomic E-state index is 0.118. The van der Waals surface area contributed by atoms with Gasteiger partial charge in [0.05, 0.1) is 24.3 Å². The van der Waals surface area contributed by atoms with E-state index >= 15 is 0 Å². The highest BCUT2D eigenvalue weighted by Crippen LogP contribution is 2.19. The number of benzene rings is 2. The maximum Gasteiger partial charge on any atom is 0.194 e. The lowest BCUT2D eigenvalue weighted by Crippen LogP contribution is -2.24. The van der Waals surface area contributed by atoms with Crippen LogP contribution in [0.1, 0.15) is 22.7 Å². The third-order valence-electron chi connectivity index (χ3n) is 3.23. The van der Waals surface area contributed by atoms with Gasteiger partial charge in [-0.2, -0.15) is 5.26 Å². The predicted molar refractivity (Wildman–Crippen MR) is 74.1 cm³/mol. The molecule has 0 aliphatic rings. The highest BCUT2D eigenvalue weighted by Gasteiger charge is 2.16. The van der Waals surface area contributed by atoms with Gasteiger partial charge in [0.2, 0.25) is 0 Å². The van der Waals surface area contributed by atoms with Crippen molar-refractivity contribution >= 4 is 0 Å². The van der Waals surface area contributed by atoms with Gasteiger partial charge < -0.3 is 10.4 Å². The zero-order valence-electron chi connectivity index (χ0n) is 11.5. The third kappa shape index (κ3) is 3.64. The van der Waals surface area contributed by atoms with Crippen molar-refractivity contribution in [3.63, 3.8) is 0 Å². The Bertz CT molecular complexity index is 673. The van der Waals surface area contributed by atoms with Crippen LogP contribution < -0.4 is 5.32 Å². The number of nitrogens with one attached hydrogen (secondary N) is 1. The minimum atomic E-state index is -1.53. The molecule has 0 amide bonds. The molecule has 2 aromatic rings. The van der Waals surface area contributed by atoms with Crippen molar-refractivity contribution in [1.29, 1.82) is 5.26 Å². The third-order valence-corrected chi connectivity index (χ3v) is 3.23. The van der Waals surface area contributed by atoms with E-state index in [2.05, 4.69) is 5.32 Å². The zero-order valence-corrected chi connectivity index (χ0v) is 11.5. The van der Waals surface area contributed by atoms with Crippen LogP contribution in [0.25, 0.3) is 0 Å². The monoisotopic (exact) mass is 306 g/mol. The molecular formula is C16H13F3N2O. The summed E-state index contributed by atoms with van der Waals surface area (Å²) in [6.45, 7) is -0.0850. The van der Waals surface area contributed by atoms with Gasteiger partial charge in [-0.1, -0.05) is 12.1 Å². The molecule has 3 nitrogen and oxygen atoms in total. The maximum absolute atomic E-state index is 13.2. The Kier molecular flexibility index (Phi) is 5.15. The number of nitriles is 1.